The van der Waals surface area contributed by atoms with Gasteiger partial charge in [0.2, 0.25) is 0 Å². The molecule has 0 fully saturated rings. The van der Waals surface area contributed by atoms with Gasteiger partial charge in [0.25, 0.3) is 0 Å². The van der Waals surface area contributed by atoms with E-state index in [1.54, 1.807) is 7.05 Å². The van der Waals surface area contributed by atoms with E-state index in [-0.39, 0.29) is 24.0 Å². The van der Waals surface area contributed by atoms with Gasteiger partial charge >= 0.3 is 0 Å². The summed E-state index contributed by atoms with van der Waals surface area (Å²) in [5, 5.41) is 6.60. The lowest BCUT2D eigenvalue weighted by Crippen LogP contribution is -2.36. The molecule has 0 aliphatic heterocycles. The fourth-order valence-corrected chi connectivity index (χ4v) is 2.12. The van der Waals surface area contributed by atoms with Crippen LogP contribution in [0.15, 0.2) is 52.2 Å². The standard InChI is InChI=1S/C15H19BrN4.HI/c1-17-15(19-10-13-7-8-20(2)11-13)18-9-12-3-5-14(16)6-4-12;/h3-8,11H,9-10H2,1-2H3,(H2,17,18,19);1H. The van der Waals surface area contributed by atoms with Gasteiger partial charge in [-0.1, -0.05) is 28.1 Å². The van der Waals surface area contributed by atoms with Crippen molar-refractivity contribution in [3.63, 3.8) is 0 Å². The third kappa shape index (κ3) is 6.09. The molecule has 0 atom stereocenters. The average molecular weight is 463 g/mol. The molecule has 0 aliphatic rings. The maximum absolute atomic E-state index is 4.22. The molecule has 21 heavy (non-hydrogen) atoms. The lowest BCUT2D eigenvalue weighted by Gasteiger charge is -2.11. The molecular formula is C15H20BrIN4. The Hall–Kier alpha value is -1.02. The molecule has 2 aromatic rings. The predicted molar refractivity (Wildman–Crippen MR) is 102 cm³/mol. The first-order valence-corrected chi connectivity index (χ1v) is 7.26. The van der Waals surface area contributed by atoms with Crippen LogP contribution in [0.25, 0.3) is 0 Å². The van der Waals surface area contributed by atoms with E-state index in [1.807, 2.05) is 29.9 Å². The van der Waals surface area contributed by atoms with Crippen LogP contribution in [-0.4, -0.2) is 17.6 Å². The molecule has 0 unspecified atom stereocenters. The van der Waals surface area contributed by atoms with Gasteiger partial charge in [0.05, 0.1) is 0 Å². The summed E-state index contributed by atoms with van der Waals surface area (Å²) in [6.07, 6.45) is 4.13. The number of halogens is 2. The Balaban J connectivity index is 0.00000220. The summed E-state index contributed by atoms with van der Waals surface area (Å²) in [7, 11) is 3.80. The summed E-state index contributed by atoms with van der Waals surface area (Å²) in [5.41, 5.74) is 2.45. The number of aliphatic imine (C=N–C) groups is 1. The highest BCUT2D eigenvalue weighted by atomic mass is 127. The first-order chi connectivity index (χ1) is 9.67. The third-order valence-electron chi connectivity index (χ3n) is 2.95. The molecule has 0 amide bonds. The zero-order valence-corrected chi connectivity index (χ0v) is 16.1. The summed E-state index contributed by atoms with van der Waals surface area (Å²) in [4.78, 5) is 4.22. The first-order valence-electron chi connectivity index (χ1n) is 6.47. The van der Waals surface area contributed by atoms with E-state index >= 15 is 0 Å². The van der Waals surface area contributed by atoms with Crippen LogP contribution in [0, 0.1) is 0 Å². The number of nitrogens with one attached hydrogen (secondary N) is 2. The average Bonchev–Trinajstić information content (AvgIpc) is 2.87. The summed E-state index contributed by atoms with van der Waals surface area (Å²) in [6, 6.07) is 10.3. The number of guanidine groups is 1. The van der Waals surface area contributed by atoms with Crippen molar-refractivity contribution < 1.29 is 0 Å². The number of rotatable bonds is 4. The SMILES string of the molecule is CN=C(NCc1ccc(Br)cc1)NCc1ccn(C)c1.I. The second kappa shape index (κ2) is 9.09. The monoisotopic (exact) mass is 462 g/mol. The molecule has 2 rings (SSSR count). The van der Waals surface area contributed by atoms with Crippen molar-refractivity contribution in [1.82, 2.24) is 15.2 Å². The topological polar surface area (TPSA) is 41.4 Å². The summed E-state index contributed by atoms with van der Waals surface area (Å²) in [6.45, 7) is 1.52. The van der Waals surface area contributed by atoms with Crippen molar-refractivity contribution in [2.24, 2.45) is 12.0 Å². The minimum absolute atomic E-state index is 0. The highest BCUT2D eigenvalue weighted by molar-refractivity contribution is 14.0. The second-order valence-electron chi connectivity index (χ2n) is 4.59. The normalized spacial score (nSPS) is 10.9. The molecule has 0 spiro atoms. The Morgan fingerprint density at radius 1 is 1.10 bits per heavy atom. The van der Waals surface area contributed by atoms with Crippen LogP contribution in [-0.2, 0) is 20.1 Å². The minimum Gasteiger partial charge on any atom is -0.357 e. The van der Waals surface area contributed by atoms with Crippen LogP contribution in [0.2, 0.25) is 0 Å². The van der Waals surface area contributed by atoms with Gasteiger partial charge < -0.3 is 15.2 Å². The Morgan fingerprint density at radius 3 is 2.24 bits per heavy atom. The van der Waals surface area contributed by atoms with Crippen molar-refractivity contribution in [2.45, 2.75) is 13.1 Å². The van der Waals surface area contributed by atoms with Gasteiger partial charge in [-0.05, 0) is 29.3 Å². The van der Waals surface area contributed by atoms with Crippen LogP contribution in [0.1, 0.15) is 11.1 Å². The van der Waals surface area contributed by atoms with Gasteiger partial charge in [-0.3, -0.25) is 4.99 Å². The van der Waals surface area contributed by atoms with E-state index in [9.17, 15) is 0 Å². The molecule has 0 saturated carbocycles. The molecule has 6 heteroatoms. The quantitative estimate of drug-likeness (QED) is 0.416. The smallest absolute Gasteiger partial charge is 0.191 e. The molecular weight excluding hydrogens is 443 g/mol. The van der Waals surface area contributed by atoms with Crippen molar-refractivity contribution in [2.75, 3.05) is 7.05 Å². The lowest BCUT2D eigenvalue weighted by atomic mass is 10.2. The van der Waals surface area contributed by atoms with Gasteiger partial charge in [0.15, 0.2) is 5.96 Å². The van der Waals surface area contributed by atoms with Crippen LogP contribution in [0.5, 0.6) is 0 Å². The van der Waals surface area contributed by atoms with Gasteiger partial charge in [-0.25, -0.2) is 0 Å². The highest BCUT2D eigenvalue weighted by Gasteiger charge is 2.00. The van der Waals surface area contributed by atoms with E-state index in [1.165, 1.54) is 11.1 Å². The molecule has 114 valence electrons. The first kappa shape index (κ1) is 18.0. The number of benzene rings is 1. The van der Waals surface area contributed by atoms with Gasteiger partial charge in [-0.15, -0.1) is 24.0 Å². The largest absolute Gasteiger partial charge is 0.357 e. The van der Waals surface area contributed by atoms with E-state index < -0.39 is 0 Å². The van der Waals surface area contributed by atoms with Gasteiger partial charge in [0, 0.05) is 44.1 Å². The van der Waals surface area contributed by atoms with E-state index in [0.717, 1.165) is 23.5 Å². The van der Waals surface area contributed by atoms with Crippen LogP contribution in [0.3, 0.4) is 0 Å². The molecule has 0 aliphatic carbocycles. The van der Waals surface area contributed by atoms with Crippen LogP contribution >= 0.6 is 39.9 Å². The Labute approximate surface area is 151 Å². The number of aromatic nitrogens is 1. The van der Waals surface area contributed by atoms with Gasteiger partial charge in [0.1, 0.15) is 0 Å². The molecule has 1 aromatic carbocycles. The Morgan fingerprint density at radius 2 is 1.71 bits per heavy atom. The van der Waals surface area contributed by atoms with Crippen molar-refractivity contribution in [3.8, 4) is 0 Å². The van der Waals surface area contributed by atoms with Gasteiger partial charge in [-0.2, -0.15) is 0 Å². The fraction of sp³-hybridized carbons (Fsp3) is 0.267. The molecule has 0 bridgehead atoms. The summed E-state index contributed by atoms with van der Waals surface area (Å²) < 4.78 is 3.13. The lowest BCUT2D eigenvalue weighted by molar-refractivity contribution is 0.806. The van der Waals surface area contributed by atoms with Crippen molar-refractivity contribution >= 4 is 45.9 Å². The number of hydrogen-bond donors (Lipinski definition) is 2. The zero-order chi connectivity index (χ0) is 14.4. The summed E-state index contributed by atoms with van der Waals surface area (Å²) in [5.74, 6) is 0.803. The maximum Gasteiger partial charge on any atom is 0.191 e. The Bertz CT molecular complexity index is 578. The predicted octanol–water partition coefficient (Wildman–Crippen LogP) is 3.27. The molecule has 0 radical (unpaired) electrons. The molecule has 0 saturated heterocycles. The van der Waals surface area contributed by atoms with Crippen LogP contribution in [0.4, 0.5) is 0 Å². The van der Waals surface area contributed by atoms with Crippen LogP contribution < -0.4 is 10.6 Å². The van der Waals surface area contributed by atoms with E-state index in [4.69, 9.17) is 0 Å². The van der Waals surface area contributed by atoms with Crippen molar-refractivity contribution in [3.05, 3.63) is 58.3 Å². The Kier molecular flexibility index (Phi) is 7.81. The molecule has 4 nitrogen and oxygen atoms in total. The third-order valence-corrected chi connectivity index (χ3v) is 3.48. The molecule has 1 aromatic heterocycles. The fourth-order valence-electron chi connectivity index (χ4n) is 1.86. The molecule has 1 heterocycles. The highest BCUT2D eigenvalue weighted by Crippen LogP contribution is 2.10. The maximum atomic E-state index is 4.22. The van der Waals surface area contributed by atoms with E-state index in [2.05, 4.69) is 56.0 Å². The second-order valence-corrected chi connectivity index (χ2v) is 5.51. The van der Waals surface area contributed by atoms with Crippen molar-refractivity contribution in [1.29, 1.82) is 0 Å². The zero-order valence-electron chi connectivity index (χ0n) is 12.1. The number of aryl methyl sites for hydroxylation is 1. The van der Waals surface area contributed by atoms with E-state index in [0.29, 0.717) is 0 Å². The number of hydrogen-bond acceptors (Lipinski definition) is 1. The number of nitrogens with zero attached hydrogens (tertiary/aromatic N) is 2. The minimum atomic E-state index is 0. The molecule has 2 N–H and O–H groups in total. The summed E-state index contributed by atoms with van der Waals surface area (Å²) >= 11 is 3.43.